The zero-order valence-electron chi connectivity index (χ0n) is 18.3. The zero-order valence-corrected chi connectivity index (χ0v) is 18.3. The van der Waals surface area contributed by atoms with Crippen LogP contribution in [0.3, 0.4) is 0 Å². The van der Waals surface area contributed by atoms with Gasteiger partial charge in [0.2, 0.25) is 0 Å². The minimum atomic E-state index is -0.913. The average Bonchev–Trinajstić information content (AvgIpc) is 2.71. The molecule has 0 aliphatic rings. The van der Waals surface area contributed by atoms with E-state index in [4.69, 9.17) is 15.7 Å². The van der Waals surface area contributed by atoms with Crippen LogP contribution < -0.4 is 26.6 Å². The van der Waals surface area contributed by atoms with Crippen LogP contribution in [0.4, 0.5) is 11.5 Å². The molecule has 0 saturated carbocycles. The van der Waals surface area contributed by atoms with Crippen LogP contribution >= 0.6 is 0 Å². The van der Waals surface area contributed by atoms with E-state index < -0.39 is 17.4 Å². The topological polar surface area (TPSA) is 137 Å². The Labute approximate surface area is 181 Å². The Morgan fingerprint density at radius 1 is 1.26 bits per heavy atom. The lowest BCUT2D eigenvalue weighted by atomic mass is 10.2. The van der Waals surface area contributed by atoms with E-state index in [1.54, 1.807) is 29.2 Å². The van der Waals surface area contributed by atoms with Crippen LogP contribution in [-0.2, 0) is 6.54 Å². The van der Waals surface area contributed by atoms with Gasteiger partial charge in [-0.2, -0.15) is 5.26 Å². The summed E-state index contributed by atoms with van der Waals surface area (Å²) in [5, 5.41) is 19.4. The van der Waals surface area contributed by atoms with E-state index in [1.165, 1.54) is 4.57 Å². The quantitative estimate of drug-likeness (QED) is 0.494. The van der Waals surface area contributed by atoms with E-state index >= 15 is 0 Å². The number of unbranched alkanes of at least 4 members (excludes halogenated alkanes) is 1. The second kappa shape index (κ2) is 11.2. The maximum Gasteiger partial charge on any atom is 0.330 e. The Hall–Kier alpha value is -3.25. The van der Waals surface area contributed by atoms with Crippen LogP contribution in [0.2, 0.25) is 0 Å². The first-order valence-electron chi connectivity index (χ1n) is 10.4. The molecule has 2 aromatic rings. The molecule has 0 amide bonds. The molecule has 1 aromatic carbocycles. The van der Waals surface area contributed by atoms with Crippen molar-refractivity contribution in [2.75, 3.05) is 30.3 Å². The van der Waals surface area contributed by atoms with E-state index in [-0.39, 0.29) is 30.6 Å². The normalized spacial score (nSPS) is 11.9. The highest BCUT2D eigenvalue weighted by Gasteiger charge is 2.22. The summed E-state index contributed by atoms with van der Waals surface area (Å²) in [6, 6.07) is 8.61. The predicted octanol–water partition coefficient (Wildman–Crippen LogP) is 1.69. The van der Waals surface area contributed by atoms with Crippen molar-refractivity contribution in [3.05, 3.63) is 50.7 Å². The fourth-order valence-electron chi connectivity index (χ4n) is 3.24. The van der Waals surface area contributed by atoms with E-state index in [0.29, 0.717) is 24.4 Å². The molecule has 168 valence electrons. The maximum absolute atomic E-state index is 12.6. The minimum Gasteiger partial charge on any atom is -0.491 e. The fraction of sp³-hybridized carbons (Fsp3) is 0.500. The van der Waals surface area contributed by atoms with Gasteiger partial charge in [0, 0.05) is 19.6 Å². The van der Waals surface area contributed by atoms with Gasteiger partial charge in [-0.25, -0.2) is 4.79 Å². The molecule has 0 aliphatic heterocycles. The average molecular weight is 430 g/mol. The van der Waals surface area contributed by atoms with Crippen LogP contribution in [0, 0.1) is 17.2 Å². The Bertz CT molecular complexity index is 1000. The molecule has 1 unspecified atom stereocenters. The lowest BCUT2D eigenvalue weighted by Crippen LogP contribution is -2.43. The Kier molecular flexibility index (Phi) is 8.70. The summed E-state index contributed by atoms with van der Waals surface area (Å²) in [4.78, 5) is 28.9. The highest BCUT2D eigenvalue weighted by Crippen LogP contribution is 2.19. The molecule has 2 rings (SSSR count). The summed E-state index contributed by atoms with van der Waals surface area (Å²) in [5.41, 5.74) is 5.83. The number of nitrogen functional groups attached to an aromatic ring is 1. The van der Waals surface area contributed by atoms with Gasteiger partial charge in [0.15, 0.2) is 0 Å². The molecule has 31 heavy (non-hydrogen) atoms. The Balaban J connectivity index is 2.22. The number of aromatic nitrogens is 2. The van der Waals surface area contributed by atoms with Crippen molar-refractivity contribution in [3.63, 3.8) is 0 Å². The van der Waals surface area contributed by atoms with Crippen molar-refractivity contribution >= 4 is 11.5 Å². The number of hydrogen-bond acceptors (Lipinski definition) is 7. The fourth-order valence-corrected chi connectivity index (χ4v) is 3.24. The number of aromatic amines is 1. The number of ether oxygens (including phenoxy) is 1. The molecule has 4 N–H and O–H groups in total. The second-order valence-corrected chi connectivity index (χ2v) is 7.90. The van der Waals surface area contributed by atoms with Gasteiger partial charge >= 0.3 is 5.69 Å². The number of nitrogens with zero attached hydrogens (tertiary/aromatic N) is 3. The molecule has 0 bridgehead atoms. The third-order valence-corrected chi connectivity index (χ3v) is 4.71. The lowest BCUT2D eigenvalue weighted by molar-refractivity contribution is 0.111. The summed E-state index contributed by atoms with van der Waals surface area (Å²) < 4.78 is 6.98. The first-order chi connectivity index (χ1) is 14.8. The summed E-state index contributed by atoms with van der Waals surface area (Å²) in [6.07, 6.45) is 0.714. The number of nitrogens with one attached hydrogen (secondary N) is 1. The largest absolute Gasteiger partial charge is 0.491 e. The number of hydrogen-bond donors (Lipinski definition) is 3. The molecule has 0 saturated heterocycles. The molecule has 0 aliphatic carbocycles. The zero-order chi connectivity index (χ0) is 23.0. The Morgan fingerprint density at radius 2 is 1.94 bits per heavy atom. The summed E-state index contributed by atoms with van der Waals surface area (Å²) >= 11 is 0. The number of benzene rings is 1. The molecule has 9 heteroatoms. The van der Waals surface area contributed by atoms with Crippen LogP contribution in [0.1, 0.15) is 39.2 Å². The van der Waals surface area contributed by atoms with Crippen molar-refractivity contribution in [1.82, 2.24) is 9.55 Å². The van der Waals surface area contributed by atoms with Crippen LogP contribution in [-0.4, -0.2) is 40.5 Å². The first-order valence-corrected chi connectivity index (χ1v) is 10.4. The first kappa shape index (κ1) is 24.0. The lowest BCUT2D eigenvalue weighted by Gasteiger charge is -2.29. The van der Waals surface area contributed by atoms with Crippen molar-refractivity contribution in [2.24, 2.45) is 5.92 Å². The number of rotatable bonds is 11. The highest BCUT2D eigenvalue weighted by atomic mass is 16.5. The number of nitrogens with two attached hydrogens (primary N) is 1. The second-order valence-electron chi connectivity index (χ2n) is 7.90. The standard InChI is InChI=1S/C22H31N5O4/c1-4-5-10-27-20(24)19(21(29)25-22(27)30)26(12-15(2)3)13-17(28)14-31-18-8-6-16(11-23)7-9-18/h6-9,15,17,28H,4-5,10,12-14,24H2,1-3H3,(H,25,29,30). The molecule has 0 spiro atoms. The van der Waals surface area contributed by atoms with Crippen LogP contribution in [0.5, 0.6) is 5.75 Å². The van der Waals surface area contributed by atoms with Gasteiger partial charge in [-0.15, -0.1) is 0 Å². The number of nitriles is 1. The summed E-state index contributed by atoms with van der Waals surface area (Å²) in [5.74, 6) is 0.809. The molecule has 1 aromatic heterocycles. The monoisotopic (exact) mass is 429 g/mol. The third-order valence-electron chi connectivity index (χ3n) is 4.71. The number of anilines is 2. The van der Waals surface area contributed by atoms with Gasteiger partial charge in [-0.1, -0.05) is 27.2 Å². The predicted molar refractivity (Wildman–Crippen MR) is 120 cm³/mol. The van der Waals surface area contributed by atoms with Crippen LogP contribution in [0.15, 0.2) is 33.9 Å². The molecule has 1 heterocycles. The summed E-state index contributed by atoms with van der Waals surface area (Å²) in [6.45, 7) is 6.96. The third kappa shape index (κ3) is 6.62. The SMILES string of the molecule is CCCCn1c(N)c(N(CC(C)C)CC(O)COc2ccc(C#N)cc2)c(=O)[nH]c1=O. The van der Waals surface area contributed by atoms with Gasteiger partial charge in [0.25, 0.3) is 5.56 Å². The van der Waals surface area contributed by atoms with E-state index in [0.717, 1.165) is 12.8 Å². The van der Waals surface area contributed by atoms with Gasteiger partial charge in [0.05, 0.1) is 11.6 Å². The van der Waals surface area contributed by atoms with Crippen molar-refractivity contribution < 1.29 is 9.84 Å². The number of aliphatic hydroxyl groups excluding tert-OH is 1. The van der Waals surface area contributed by atoms with E-state index in [2.05, 4.69) is 4.98 Å². The number of H-pyrrole nitrogens is 1. The van der Waals surface area contributed by atoms with E-state index in [1.807, 2.05) is 26.8 Å². The molecule has 9 nitrogen and oxygen atoms in total. The van der Waals surface area contributed by atoms with Crippen LogP contribution in [0.25, 0.3) is 0 Å². The van der Waals surface area contributed by atoms with Gasteiger partial charge in [0.1, 0.15) is 30.0 Å². The molecular formula is C22H31N5O4. The smallest absolute Gasteiger partial charge is 0.330 e. The Morgan fingerprint density at radius 3 is 2.52 bits per heavy atom. The number of aliphatic hydroxyl groups is 1. The van der Waals surface area contributed by atoms with E-state index in [9.17, 15) is 14.7 Å². The van der Waals surface area contributed by atoms with Crippen molar-refractivity contribution in [2.45, 2.75) is 46.3 Å². The molecule has 0 fully saturated rings. The minimum absolute atomic E-state index is 0.00617. The molecule has 0 radical (unpaired) electrons. The summed E-state index contributed by atoms with van der Waals surface area (Å²) in [7, 11) is 0. The highest BCUT2D eigenvalue weighted by molar-refractivity contribution is 5.62. The molecule has 1 atom stereocenters. The van der Waals surface area contributed by atoms with Gasteiger partial charge < -0.3 is 20.5 Å². The molecular weight excluding hydrogens is 398 g/mol. The maximum atomic E-state index is 12.6. The van der Waals surface area contributed by atoms with Gasteiger partial charge in [-0.3, -0.25) is 14.3 Å². The van der Waals surface area contributed by atoms with Crippen molar-refractivity contribution in [1.29, 1.82) is 5.26 Å². The van der Waals surface area contributed by atoms with Crippen molar-refractivity contribution in [3.8, 4) is 11.8 Å². The van der Waals surface area contributed by atoms with Gasteiger partial charge in [-0.05, 0) is 36.6 Å².